The van der Waals surface area contributed by atoms with E-state index in [9.17, 15) is 4.79 Å². The van der Waals surface area contributed by atoms with Crippen molar-refractivity contribution in [1.29, 1.82) is 0 Å². The van der Waals surface area contributed by atoms with Crippen LogP contribution >= 0.6 is 0 Å². The molecule has 2 amide bonds. The fraction of sp³-hybridized carbons (Fsp3) is 0.267. The van der Waals surface area contributed by atoms with Crippen LogP contribution in [0.3, 0.4) is 0 Å². The highest BCUT2D eigenvalue weighted by Gasteiger charge is 2.12. The van der Waals surface area contributed by atoms with Crippen LogP contribution in [0.5, 0.6) is 0 Å². The first kappa shape index (κ1) is 14.8. The number of carbonyl (C=O) groups excluding carboxylic acids is 1. The van der Waals surface area contributed by atoms with Gasteiger partial charge in [0, 0.05) is 19.8 Å². The largest absolute Gasteiger partial charge is 0.347 e. The van der Waals surface area contributed by atoms with Crippen LogP contribution in [0.25, 0.3) is 0 Å². The predicted molar refractivity (Wildman–Crippen MR) is 84.9 cm³/mol. The Morgan fingerprint density at radius 1 is 1.00 bits per heavy atom. The lowest BCUT2D eigenvalue weighted by Crippen LogP contribution is -2.22. The maximum atomic E-state index is 12.0. The number of carbonyl (C=O) groups is 1. The topological polar surface area (TPSA) is 70.2 Å². The van der Waals surface area contributed by atoms with Crippen LogP contribution < -0.4 is 15.5 Å². The van der Waals surface area contributed by atoms with Crippen molar-refractivity contribution in [3.05, 3.63) is 41.7 Å². The molecule has 2 N–H and O–H groups in total. The fourth-order valence-electron chi connectivity index (χ4n) is 1.88. The predicted octanol–water partition coefficient (Wildman–Crippen LogP) is 2.80. The van der Waals surface area contributed by atoms with E-state index in [4.69, 9.17) is 0 Å². The second kappa shape index (κ2) is 6.21. The highest BCUT2D eigenvalue weighted by molar-refractivity contribution is 6.00. The molecular weight excluding hydrogens is 266 g/mol. The van der Waals surface area contributed by atoms with Crippen molar-refractivity contribution >= 4 is 23.4 Å². The molecule has 1 aromatic heterocycles. The molecule has 0 aliphatic rings. The first-order valence-electron chi connectivity index (χ1n) is 6.63. The molecular formula is C15H19N5O. The summed E-state index contributed by atoms with van der Waals surface area (Å²) in [6, 6.07) is 8.96. The quantitative estimate of drug-likeness (QED) is 0.909. The Morgan fingerprint density at radius 3 is 2.10 bits per heavy atom. The van der Waals surface area contributed by atoms with E-state index in [1.54, 1.807) is 0 Å². The summed E-state index contributed by atoms with van der Waals surface area (Å²) in [5.74, 6) is 0.624. The Bertz CT molecular complexity index is 617. The number of nitrogens with one attached hydrogen (secondary N) is 2. The second-order valence-electron chi connectivity index (χ2n) is 4.91. The summed E-state index contributed by atoms with van der Waals surface area (Å²) in [7, 11) is 3.76. The summed E-state index contributed by atoms with van der Waals surface area (Å²) in [4.78, 5) is 22.6. The van der Waals surface area contributed by atoms with E-state index >= 15 is 0 Å². The van der Waals surface area contributed by atoms with Gasteiger partial charge in [-0.15, -0.1) is 0 Å². The molecule has 0 fully saturated rings. The van der Waals surface area contributed by atoms with Gasteiger partial charge in [-0.1, -0.05) is 18.2 Å². The van der Waals surface area contributed by atoms with Crippen molar-refractivity contribution in [2.75, 3.05) is 29.6 Å². The third-order valence-electron chi connectivity index (χ3n) is 2.93. The Labute approximate surface area is 124 Å². The average Bonchev–Trinajstić information content (AvgIpc) is 2.43. The van der Waals surface area contributed by atoms with E-state index < -0.39 is 0 Å². The van der Waals surface area contributed by atoms with Crippen LogP contribution in [0.2, 0.25) is 0 Å². The monoisotopic (exact) mass is 285 g/mol. The minimum atomic E-state index is -0.311. The lowest BCUT2D eigenvalue weighted by molar-refractivity contribution is 0.262. The van der Waals surface area contributed by atoms with E-state index in [-0.39, 0.29) is 6.03 Å². The van der Waals surface area contributed by atoms with Gasteiger partial charge >= 0.3 is 6.03 Å². The van der Waals surface area contributed by atoms with Crippen LogP contribution in [0.15, 0.2) is 30.3 Å². The molecule has 0 saturated heterocycles. The summed E-state index contributed by atoms with van der Waals surface area (Å²) in [5.41, 5.74) is 2.83. The Kier molecular flexibility index (Phi) is 4.37. The minimum Gasteiger partial charge on any atom is -0.347 e. The van der Waals surface area contributed by atoms with Crippen molar-refractivity contribution in [2.24, 2.45) is 0 Å². The van der Waals surface area contributed by atoms with Gasteiger partial charge in [-0.25, -0.2) is 14.8 Å². The summed E-state index contributed by atoms with van der Waals surface area (Å²) in [6.45, 7) is 3.69. The zero-order valence-corrected chi connectivity index (χ0v) is 12.6. The van der Waals surface area contributed by atoms with Gasteiger partial charge in [-0.05, 0) is 26.0 Å². The Balaban J connectivity index is 2.14. The van der Waals surface area contributed by atoms with Crippen LogP contribution in [0.1, 0.15) is 11.4 Å². The smallest absolute Gasteiger partial charge is 0.323 e. The highest BCUT2D eigenvalue weighted by Crippen LogP contribution is 2.19. The average molecular weight is 285 g/mol. The molecule has 1 aromatic carbocycles. The number of hydrogen-bond donors (Lipinski definition) is 2. The number of nitrogens with zero attached hydrogens (tertiary/aromatic N) is 3. The molecule has 6 heteroatoms. The molecule has 0 atom stereocenters. The molecule has 2 rings (SSSR count). The van der Waals surface area contributed by atoms with Crippen molar-refractivity contribution in [1.82, 2.24) is 9.97 Å². The van der Waals surface area contributed by atoms with E-state index in [0.717, 1.165) is 17.1 Å². The third kappa shape index (κ3) is 3.68. The molecule has 0 saturated carbocycles. The van der Waals surface area contributed by atoms with Crippen molar-refractivity contribution in [2.45, 2.75) is 13.8 Å². The number of benzene rings is 1. The van der Waals surface area contributed by atoms with Gasteiger partial charge in [-0.3, -0.25) is 0 Å². The normalized spacial score (nSPS) is 10.1. The number of para-hydroxylation sites is 1. The summed E-state index contributed by atoms with van der Waals surface area (Å²) in [6.07, 6.45) is 0. The van der Waals surface area contributed by atoms with Gasteiger partial charge in [0.15, 0.2) is 0 Å². The third-order valence-corrected chi connectivity index (χ3v) is 2.93. The number of aromatic nitrogens is 2. The Morgan fingerprint density at radius 2 is 1.57 bits per heavy atom. The molecule has 0 spiro atoms. The first-order chi connectivity index (χ1) is 9.97. The standard InChI is InChI=1S/C15H19N5O/c1-10-13(11(2)17-14(16-10)20(3)4)19-15(21)18-12-8-6-5-7-9-12/h5-9H,1-4H3,(H2,18,19,21). The minimum absolute atomic E-state index is 0.311. The van der Waals surface area contributed by atoms with Gasteiger partial charge in [-0.2, -0.15) is 0 Å². The summed E-state index contributed by atoms with van der Waals surface area (Å²) < 4.78 is 0. The molecule has 0 aliphatic carbocycles. The molecule has 2 aromatic rings. The molecule has 0 radical (unpaired) electrons. The second-order valence-corrected chi connectivity index (χ2v) is 4.91. The van der Waals surface area contributed by atoms with Crippen LogP contribution in [-0.4, -0.2) is 30.1 Å². The summed E-state index contributed by atoms with van der Waals surface area (Å²) in [5, 5.41) is 5.57. The number of urea groups is 1. The Hall–Kier alpha value is -2.63. The van der Waals surface area contributed by atoms with Gasteiger partial charge in [0.05, 0.1) is 17.1 Å². The number of rotatable bonds is 3. The van der Waals surface area contributed by atoms with Gasteiger partial charge < -0.3 is 15.5 Å². The molecule has 0 aliphatic heterocycles. The van der Waals surface area contributed by atoms with Crippen molar-refractivity contribution in [3.8, 4) is 0 Å². The van der Waals surface area contributed by atoms with Crippen LogP contribution in [0, 0.1) is 13.8 Å². The number of hydrogen-bond acceptors (Lipinski definition) is 4. The van der Waals surface area contributed by atoms with Gasteiger partial charge in [0.25, 0.3) is 0 Å². The number of anilines is 3. The first-order valence-corrected chi connectivity index (χ1v) is 6.63. The molecule has 1 heterocycles. The number of aryl methyl sites for hydroxylation is 2. The molecule has 0 unspecified atom stereocenters. The zero-order chi connectivity index (χ0) is 15.4. The molecule has 21 heavy (non-hydrogen) atoms. The highest BCUT2D eigenvalue weighted by atomic mass is 16.2. The number of amides is 2. The lowest BCUT2D eigenvalue weighted by atomic mass is 10.3. The fourth-order valence-corrected chi connectivity index (χ4v) is 1.88. The van der Waals surface area contributed by atoms with E-state index in [0.29, 0.717) is 11.6 Å². The van der Waals surface area contributed by atoms with Gasteiger partial charge in [0.1, 0.15) is 0 Å². The zero-order valence-electron chi connectivity index (χ0n) is 12.6. The van der Waals surface area contributed by atoms with E-state index in [1.807, 2.05) is 63.2 Å². The summed E-state index contributed by atoms with van der Waals surface area (Å²) >= 11 is 0. The maximum absolute atomic E-state index is 12.0. The van der Waals surface area contributed by atoms with Crippen molar-refractivity contribution < 1.29 is 4.79 Å². The lowest BCUT2D eigenvalue weighted by Gasteiger charge is -2.16. The van der Waals surface area contributed by atoms with Gasteiger partial charge in [0.2, 0.25) is 5.95 Å². The van der Waals surface area contributed by atoms with E-state index in [1.165, 1.54) is 0 Å². The molecule has 6 nitrogen and oxygen atoms in total. The maximum Gasteiger partial charge on any atom is 0.323 e. The van der Waals surface area contributed by atoms with Crippen LogP contribution in [0.4, 0.5) is 22.1 Å². The SMILES string of the molecule is Cc1nc(N(C)C)nc(C)c1NC(=O)Nc1ccccc1. The molecule has 110 valence electrons. The molecule has 0 bridgehead atoms. The van der Waals surface area contributed by atoms with Crippen molar-refractivity contribution in [3.63, 3.8) is 0 Å². The van der Waals surface area contributed by atoms with E-state index in [2.05, 4.69) is 20.6 Å². The van der Waals surface area contributed by atoms with Crippen LogP contribution in [-0.2, 0) is 0 Å².